The third-order valence-electron chi connectivity index (χ3n) is 5.66. The molecule has 150 valence electrons. The van der Waals surface area contributed by atoms with E-state index < -0.39 is 18.3 Å². The SMILES string of the molecule is C#CN1C(=O)C1CC/C=C\C[C@@H]1[C@@H](/C=C/[C@@H](O)CCCCC)[C@H](O)C[C@@H]1O. The van der Waals surface area contributed by atoms with Crippen molar-refractivity contribution in [3.05, 3.63) is 24.3 Å². The number of carbonyl (C=O) groups excluding carboxylic acids is 1. The van der Waals surface area contributed by atoms with E-state index in [1.807, 2.05) is 18.2 Å². The van der Waals surface area contributed by atoms with Crippen molar-refractivity contribution in [3.63, 3.8) is 0 Å². The molecule has 0 aromatic carbocycles. The maximum atomic E-state index is 11.3. The first-order valence-corrected chi connectivity index (χ1v) is 10.2. The molecule has 2 rings (SSSR count). The van der Waals surface area contributed by atoms with Gasteiger partial charge in [0.1, 0.15) is 6.04 Å². The highest BCUT2D eigenvalue weighted by Gasteiger charge is 2.44. The van der Waals surface area contributed by atoms with Gasteiger partial charge in [-0.1, -0.05) is 56.9 Å². The molecule has 5 heteroatoms. The minimum absolute atomic E-state index is 0.0166. The Balaban J connectivity index is 1.78. The number of terminal acetylenes is 1. The molecular formula is C22H33NO4. The van der Waals surface area contributed by atoms with Crippen LogP contribution >= 0.6 is 0 Å². The van der Waals surface area contributed by atoms with Gasteiger partial charge in [0.25, 0.3) is 5.91 Å². The number of unbranched alkanes of at least 4 members (excludes halogenated alkanes) is 2. The van der Waals surface area contributed by atoms with Gasteiger partial charge in [-0.05, 0) is 31.6 Å². The Morgan fingerprint density at radius 2 is 2.07 bits per heavy atom. The van der Waals surface area contributed by atoms with Crippen molar-refractivity contribution in [1.82, 2.24) is 4.90 Å². The Labute approximate surface area is 162 Å². The number of allylic oxidation sites excluding steroid dienone is 2. The van der Waals surface area contributed by atoms with Crippen LogP contribution in [-0.4, -0.2) is 50.5 Å². The Hall–Kier alpha value is -1.61. The van der Waals surface area contributed by atoms with Crippen LogP contribution in [0.5, 0.6) is 0 Å². The fourth-order valence-corrected chi connectivity index (χ4v) is 3.91. The Bertz CT molecular complexity index is 579. The van der Waals surface area contributed by atoms with Gasteiger partial charge in [-0.3, -0.25) is 9.69 Å². The van der Waals surface area contributed by atoms with Gasteiger partial charge in [0.05, 0.1) is 18.3 Å². The molecule has 2 fully saturated rings. The van der Waals surface area contributed by atoms with Gasteiger partial charge >= 0.3 is 0 Å². The topological polar surface area (TPSA) is 80.8 Å². The Morgan fingerprint density at radius 3 is 2.74 bits per heavy atom. The molecule has 0 spiro atoms. The third kappa shape index (κ3) is 6.21. The summed E-state index contributed by atoms with van der Waals surface area (Å²) < 4.78 is 0. The minimum atomic E-state index is -0.578. The van der Waals surface area contributed by atoms with Crippen molar-refractivity contribution >= 4 is 5.91 Å². The predicted octanol–water partition coefficient (Wildman–Crippen LogP) is 2.37. The van der Waals surface area contributed by atoms with Crippen molar-refractivity contribution in [2.45, 2.75) is 82.6 Å². The van der Waals surface area contributed by atoms with Crippen molar-refractivity contribution in [2.24, 2.45) is 11.8 Å². The van der Waals surface area contributed by atoms with Crippen LogP contribution < -0.4 is 0 Å². The molecule has 1 aliphatic carbocycles. The third-order valence-corrected chi connectivity index (χ3v) is 5.66. The molecule has 0 radical (unpaired) electrons. The number of hydrogen-bond acceptors (Lipinski definition) is 4. The van der Waals surface area contributed by atoms with Gasteiger partial charge in [-0.15, -0.1) is 0 Å². The molecule has 2 aliphatic rings. The summed E-state index contributed by atoms with van der Waals surface area (Å²) in [4.78, 5) is 12.7. The van der Waals surface area contributed by atoms with Gasteiger partial charge in [0.15, 0.2) is 0 Å². The van der Waals surface area contributed by atoms with Gasteiger partial charge in [0.2, 0.25) is 0 Å². The molecule has 3 N–H and O–H groups in total. The van der Waals surface area contributed by atoms with Crippen molar-refractivity contribution in [2.75, 3.05) is 0 Å². The summed E-state index contributed by atoms with van der Waals surface area (Å²) in [6.45, 7) is 2.13. The van der Waals surface area contributed by atoms with Crippen molar-refractivity contribution in [3.8, 4) is 12.5 Å². The van der Waals surface area contributed by atoms with Crippen molar-refractivity contribution in [1.29, 1.82) is 0 Å². The van der Waals surface area contributed by atoms with Crippen LogP contribution in [0.1, 0.15) is 58.3 Å². The summed E-state index contributed by atoms with van der Waals surface area (Å²) in [5.41, 5.74) is 0. The second-order valence-corrected chi connectivity index (χ2v) is 7.70. The Kier molecular flexibility index (Phi) is 8.56. The van der Waals surface area contributed by atoms with E-state index in [2.05, 4.69) is 13.0 Å². The minimum Gasteiger partial charge on any atom is -0.393 e. The van der Waals surface area contributed by atoms with Gasteiger partial charge in [0, 0.05) is 18.4 Å². The van der Waals surface area contributed by atoms with E-state index in [0.29, 0.717) is 19.3 Å². The molecule has 0 aromatic heterocycles. The zero-order valence-corrected chi connectivity index (χ0v) is 16.2. The summed E-state index contributed by atoms with van der Waals surface area (Å²) >= 11 is 0. The summed E-state index contributed by atoms with van der Waals surface area (Å²) in [6.07, 6.45) is 17.7. The highest BCUT2D eigenvalue weighted by Crippen LogP contribution is 2.36. The highest BCUT2D eigenvalue weighted by atomic mass is 16.3. The van der Waals surface area contributed by atoms with E-state index in [1.165, 1.54) is 4.90 Å². The first-order chi connectivity index (χ1) is 13.0. The van der Waals surface area contributed by atoms with Gasteiger partial charge in [-0.2, -0.15) is 0 Å². The van der Waals surface area contributed by atoms with E-state index in [-0.39, 0.29) is 23.8 Å². The zero-order valence-electron chi connectivity index (χ0n) is 16.2. The van der Waals surface area contributed by atoms with Crippen LogP contribution in [0.4, 0.5) is 0 Å². The molecule has 0 aromatic rings. The number of hydrogen-bond donors (Lipinski definition) is 3. The largest absolute Gasteiger partial charge is 0.393 e. The fourth-order valence-electron chi connectivity index (χ4n) is 3.91. The second-order valence-electron chi connectivity index (χ2n) is 7.70. The van der Waals surface area contributed by atoms with Crippen LogP contribution in [0.3, 0.4) is 0 Å². The normalized spacial score (nSPS) is 31.7. The number of aliphatic hydroxyl groups is 3. The monoisotopic (exact) mass is 375 g/mol. The lowest BCUT2D eigenvalue weighted by molar-refractivity contribution is -0.113. The van der Waals surface area contributed by atoms with Crippen LogP contribution in [0, 0.1) is 24.3 Å². The van der Waals surface area contributed by atoms with Gasteiger partial charge in [-0.25, -0.2) is 0 Å². The first-order valence-electron chi connectivity index (χ1n) is 10.2. The molecule has 1 heterocycles. The molecule has 5 nitrogen and oxygen atoms in total. The summed E-state index contributed by atoms with van der Waals surface area (Å²) in [7, 11) is 0. The zero-order chi connectivity index (χ0) is 19.8. The molecule has 1 unspecified atom stereocenters. The number of amides is 1. The quantitative estimate of drug-likeness (QED) is 0.224. The average molecular weight is 376 g/mol. The molecule has 1 saturated carbocycles. The van der Waals surface area contributed by atoms with E-state index >= 15 is 0 Å². The van der Waals surface area contributed by atoms with E-state index in [9.17, 15) is 20.1 Å². The molecule has 1 amide bonds. The number of aliphatic hydroxyl groups excluding tert-OH is 3. The number of nitrogens with zero attached hydrogens (tertiary/aromatic N) is 1. The van der Waals surface area contributed by atoms with Crippen LogP contribution in [-0.2, 0) is 4.79 Å². The van der Waals surface area contributed by atoms with Gasteiger partial charge < -0.3 is 15.3 Å². The first kappa shape index (κ1) is 21.7. The summed E-state index contributed by atoms with van der Waals surface area (Å²) in [5.74, 6) is -0.185. The van der Waals surface area contributed by atoms with E-state index in [4.69, 9.17) is 6.42 Å². The summed E-state index contributed by atoms with van der Waals surface area (Å²) in [5, 5.41) is 30.6. The maximum absolute atomic E-state index is 11.3. The molecular weight excluding hydrogens is 342 g/mol. The molecule has 6 atom stereocenters. The molecule has 27 heavy (non-hydrogen) atoms. The lowest BCUT2D eigenvalue weighted by Crippen LogP contribution is -2.20. The van der Waals surface area contributed by atoms with Crippen molar-refractivity contribution < 1.29 is 20.1 Å². The van der Waals surface area contributed by atoms with Crippen LogP contribution in [0.15, 0.2) is 24.3 Å². The standard InChI is InChI=1S/C22H33NO4/c1-3-5-7-10-16(24)13-14-18-17(20(25)15-21(18)26)11-8-6-9-12-19-22(27)23(19)4-2/h2,6,8,13-14,16-21,24-26H,3,5,7,9-12,15H2,1H3/b8-6-,14-13+/t16-,17+,18+,19?,20-,21+,23?/m0/s1. The van der Waals surface area contributed by atoms with Crippen LogP contribution in [0.25, 0.3) is 0 Å². The van der Waals surface area contributed by atoms with E-state index in [1.54, 1.807) is 6.08 Å². The lowest BCUT2D eigenvalue weighted by Gasteiger charge is -2.19. The number of rotatable bonds is 11. The predicted molar refractivity (Wildman–Crippen MR) is 105 cm³/mol. The number of carbonyl (C=O) groups is 1. The Morgan fingerprint density at radius 1 is 1.30 bits per heavy atom. The van der Waals surface area contributed by atoms with Crippen LogP contribution in [0.2, 0.25) is 0 Å². The van der Waals surface area contributed by atoms with E-state index in [0.717, 1.165) is 32.1 Å². The lowest BCUT2D eigenvalue weighted by atomic mass is 9.89. The maximum Gasteiger partial charge on any atom is 0.258 e. The molecule has 0 bridgehead atoms. The summed E-state index contributed by atoms with van der Waals surface area (Å²) in [6, 6.07) is 2.21. The second kappa shape index (κ2) is 10.7. The highest BCUT2D eigenvalue weighted by molar-refractivity contribution is 5.98. The smallest absolute Gasteiger partial charge is 0.258 e. The molecule has 1 aliphatic heterocycles. The molecule has 1 saturated heterocycles. The fraction of sp³-hybridized carbons (Fsp3) is 0.682. The average Bonchev–Trinajstić information content (AvgIpc) is 3.18.